The second-order valence-electron chi connectivity index (χ2n) is 4.01. The van der Waals surface area contributed by atoms with Crippen LogP contribution in [-0.4, -0.2) is 32.5 Å². The Morgan fingerprint density at radius 1 is 1.28 bits per heavy atom. The summed E-state index contributed by atoms with van der Waals surface area (Å²) in [5, 5.41) is 0. The number of hydrogen-bond donors (Lipinski definition) is 2. The Kier molecular flexibility index (Phi) is 4.20. The van der Waals surface area contributed by atoms with Gasteiger partial charge in [0.15, 0.2) is 0 Å². The summed E-state index contributed by atoms with van der Waals surface area (Å²) in [7, 11) is 0. The molecule has 1 heterocycles. The molecule has 0 saturated carbocycles. The van der Waals surface area contributed by atoms with Crippen molar-refractivity contribution in [3.63, 3.8) is 0 Å². The van der Waals surface area contributed by atoms with Crippen LogP contribution in [0.15, 0.2) is 35.5 Å². The highest BCUT2D eigenvalue weighted by Crippen LogP contribution is 2.31. The molecule has 0 unspecified atom stereocenters. The largest absolute Gasteiger partial charge is 0.405 e. The lowest BCUT2D eigenvalue weighted by Crippen LogP contribution is -2.36. The molecule has 0 atom stereocenters. The summed E-state index contributed by atoms with van der Waals surface area (Å²) in [5.41, 5.74) is 13.8. The summed E-state index contributed by atoms with van der Waals surface area (Å²) < 4.78 is 5.35. The van der Waals surface area contributed by atoms with Gasteiger partial charge in [-0.25, -0.2) is 0 Å². The number of morpholine rings is 1. The van der Waals surface area contributed by atoms with E-state index in [-0.39, 0.29) is 0 Å². The molecule has 96 valence electrons. The first-order valence-electron chi connectivity index (χ1n) is 5.94. The van der Waals surface area contributed by atoms with Crippen LogP contribution < -0.4 is 16.4 Å². The molecule has 0 amide bonds. The van der Waals surface area contributed by atoms with Gasteiger partial charge in [0.25, 0.3) is 0 Å². The molecule has 5 heteroatoms. The first-order chi connectivity index (χ1) is 8.81. The molecule has 1 aromatic carbocycles. The van der Waals surface area contributed by atoms with Gasteiger partial charge in [-0.2, -0.15) is 0 Å². The maximum Gasteiger partial charge on any atom is 0.0864 e. The van der Waals surface area contributed by atoms with E-state index in [0.29, 0.717) is 0 Å². The lowest BCUT2D eigenvalue weighted by molar-refractivity contribution is 0.123. The van der Waals surface area contributed by atoms with E-state index in [1.54, 1.807) is 12.3 Å². The zero-order valence-electron chi connectivity index (χ0n) is 10.2. The van der Waals surface area contributed by atoms with E-state index in [9.17, 15) is 0 Å². The number of aliphatic imine (C=N–C) groups is 1. The van der Waals surface area contributed by atoms with Crippen LogP contribution in [-0.2, 0) is 4.74 Å². The normalized spacial score (nSPS) is 16.8. The fourth-order valence-corrected chi connectivity index (χ4v) is 1.88. The molecule has 5 nitrogen and oxygen atoms in total. The second-order valence-corrected chi connectivity index (χ2v) is 4.01. The van der Waals surface area contributed by atoms with Crippen molar-refractivity contribution in [2.45, 2.75) is 0 Å². The number of nitrogen functional groups attached to an aromatic ring is 1. The topological polar surface area (TPSA) is 76.9 Å². The van der Waals surface area contributed by atoms with Crippen LogP contribution in [0.25, 0.3) is 0 Å². The van der Waals surface area contributed by atoms with E-state index < -0.39 is 0 Å². The Morgan fingerprint density at radius 3 is 2.78 bits per heavy atom. The van der Waals surface area contributed by atoms with Gasteiger partial charge in [-0.15, -0.1) is 0 Å². The number of hydrogen-bond acceptors (Lipinski definition) is 5. The Balaban J connectivity index is 2.27. The minimum atomic E-state index is 0.737. The number of anilines is 2. The van der Waals surface area contributed by atoms with Crippen molar-refractivity contribution in [2.75, 3.05) is 36.9 Å². The smallest absolute Gasteiger partial charge is 0.0864 e. The Labute approximate surface area is 107 Å². The predicted molar refractivity (Wildman–Crippen MR) is 75.4 cm³/mol. The molecule has 0 aliphatic carbocycles. The number of benzene rings is 1. The van der Waals surface area contributed by atoms with Crippen molar-refractivity contribution >= 4 is 23.3 Å². The van der Waals surface area contributed by atoms with E-state index in [1.165, 1.54) is 6.20 Å². The van der Waals surface area contributed by atoms with Gasteiger partial charge in [0.1, 0.15) is 0 Å². The zero-order chi connectivity index (χ0) is 12.8. The van der Waals surface area contributed by atoms with Crippen LogP contribution in [0.1, 0.15) is 0 Å². The molecular formula is C13H18N4O. The molecule has 1 saturated heterocycles. The molecule has 1 aliphatic rings. The SMILES string of the molecule is NC=CC=Nc1ccc(N)cc1N1CCOCC1. The first-order valence-corrected chi connectivity index (χ1v) is 5.94. The highest BCUT2D eigenvalue weighted by atomic mass is 16.5. The Hall–Kier alpha value is -2.01. The third kappa shape index (κ3) is 3.01. The lowest BCUT2D eigenvalue weighted by atomic mass is 10.2. The zero-order valence-corrected chi connectivity index (χ0v) is 10.2. The molecule has 1 aliphatic heterocycles. The number of nitrogens with two attached hydrogens (primary N) is 2. The third-order valence-corrected chi connectivity index (χ3v) is 2.76. The van der Waals surface area contributed by atoms with Gasteiger partial charge in [-0.3, -0.25) is 4.99 Å². The average Bonchev–Trinajstić information content (AvgIpc) is 2.41. The van der Waals surface area contributed by atoms with Crippen molar-refractivity contribution in [3.8, 4) is 0 Å². The fraction of sp³-hybridized carbons (Fsp3) is 0.308. The minimum absolute atomic E-state index is 0.737. The van der Waals surface area contributed by atoms with E-state index in [4.69, 9.17) is 16.2 Å². The quantitative estimate of drug-likeness (QED) is 0.622. The van der Waals surface area contributed by atoms with Crippen LogP contribution in [0, 0.1) is 0 Å². The van der Waals surface area contributed by atoms with Gasteiger partial charge >= 0.3 is 0 Å². The van der Waals surface area contributed by atoms with Crippen LogP contribution >= 0.6 is 0 Å². The monoisotopic (exact) mass is 246 g/mol. The van der Waals surface area contributed by atoms with Gasteiger partial charge in [0, 0.05) is 25.0 Å². The number of nitrogens with zero attached hydrogens (tertiary/aromatic N) is 2. The Bertz CT molecular complexity index is 450. The van der Waals surface area contributed by atoms with Crippen molar-refractivity contribution in [2.24, 2.45) is 10.7 Å². The highest BCUT2D eigenvalue weighted by molar-refractivity contribution is 5.80. The van der Waals surface area contributed by atoms with E-state index in [2.05, 4.69) is 9.89 Å². The van der Waals surface area contributed by atoms with Crippen molar-refractivity contribution in [1.29, 1.82) is 0 Å². The molecule has 0 radical (unpaired) electrons. The first kappa shape index (κ1) is 12.4. The van der Waals surface area contributed by atoms with Crippen molar-refractivity contribution in [1.82, 2.24) is 0 Å². The number of allylic oxidation sites excluding steroid dienone is 1. The minimum Gasteiger partial charge on any atom is -0.405 e. The van der Waals surface area contributed by atoms with E-state index in [0.717, 1.165) is 43.4 Å². The van der Waals surface area contributed by atoms with E-state index in [1.807, 2.05) is 18.2 Å². The molecule has 0 bridgehead atoms. The van der Waals surface area contributed by atoms with E-state index >= 15 is 0 Å². The van der Waals surface area contributed by atoms with Gasteiger partial charge in [-0.1, -0.05) is 0 Å². The summed E-state index contributed by atoms with van der Waals surface area (Å²) in [5.74, 6) is 0. The van der Waals surface area contributed by atoms with Crippen LogP contribution in [0.3, 0.4) is 0 Å². The number of ether oxygens (including phenoxy) is 1. The van der Waals surface area contributed by atoms with Crippen molar-refractivity contribution < 1.29 is 4.74 Å². The maximum absolute atomic E-state index is 5.85. The molecule has 0 spiro atoms. The molecule has 1 fully saturated rings. The number of rotatable bonds is 3. The third-order valence-electron chi connectivity index (χ3n) is 2.76. The summed E-state index contributed by atoms with van der Waals surface area (Å²) >= 11 is 0. The summed E-state index contributed by atoms with van der Waals surface area (Å²) in [6.45, 7) is 3.19. The lowest BCUT2D eigenvalue weighted by Gasteiger charge is -2.29. The summed E-state index contributed by atoms with van der Waals surface area (Å²) in [6.07, 6.45) is 4.82. The van der Waals surface area contributed by atoms with Crippen molar-refractivity contribution in [3.05, 3.63) is 30.5 Å². The van der Waals surface area contributed by atoms with Crippen LogP contribution in [0.2, 0.25) is 0 Å². The van der Waals surface area contributed by atoms with Gasteiger partial charge in [-0.05, 0) is 30.5 Å². The molecule has 1 aromatic rings. The average molecular weight is 246 g/mol. The summed E-state index contributed by atoms with van der Waals surface area (Å²) in [4.78, 5) is 6.62. The molecule has 4 N–H and O–H groups in total. The van der Waals surface area contributed by atoms with Crippen LogP contribution in [0.5, 0.6) is 0 Å². The van der Waals surface area contributed by atoms with Gasteiger partial charge < -0.3 is 21.1 Å². The maximum atomic E-state index is 5.85. The van der Waals surface area contributed by atoms with Gasteiger partial charge in [0.05, 0.1) is 24.6 Å². The predicted octanol–water partition coefficient (Wildman–Crippen LogP) is 1.28. The molecular weight excluding hydrogens is 228 g/mol. The molecule has 2 rings (SSSR count). The standard InChI is InChI=1S/C13H18N4O/c14-4-1-5-16-12-3-2-11(15)10-13(12)17-6-8-18-9-7-17/h1-5,10H,6-9,14-15H2. The molecule has 0 aromatic heterocycles. The Morgan fingerprint density at radius 2 is 2.06 bits per heavy atom. The summed E-state index contributed by atoms with van der Waals surface area (Å²) in [6, 6.07) is 5.72. The van der Waals surface area contributed by atoms with Gasteiger partial charge in [0.2, 0.25) is 0 Å². The van der Waals surface area contributed by atoms with Crippen LogP contribution in [0.4, 0.5) is 17.1 Å². The molecule has 18 heavy (non-hydrogen) atoms. The fourth-order valence-electron chi connectivity index (χ4n) is 1.88. The second kappa shape index (κ2) is 6.07. The highest BCUT2D eigenvalue weighted by Gasteiger charge is 2.14.